The van der Waals surface area contributed by atoms with E-state index in [0.29, 0.717) is 17.8 Å². The molecule has 7 heteroatoms. The predicted octanol–water partition coefficient (Wildman–Crippen LogP) is 3.11. The summed E-state index contributed by atoms with van der Waals surface area (Å²) in [4.78, 5) is 15.1. The quantitative estimate of drug-likeness (QED) is 0.730. The Morgan fingerprint density at radius 1 is 1.14 bits per heavy atom. The smallest absolute Gasteiger partial charge is 0.233 e. The number of anilines is 4. The zero-order valence-electron chi connectivity index (χ0n) is 12.4. The third kappa shape index (κ3) is 4.69. The summed E-state index contributed by atoms with van der Waals surface area (Å²) in [6, 6.07) is 8.06. The van der Waals surface area contributed by atoms with E-state index in [1.54, 1.807) is 0 Å². The summed E-state index contributed by atoms with van der Waals surface area (Å²) in [5.74, 6) is 1.75. The first-order valence-corrected chi connectivity index (χ1v) is 7.86. The molecule has 0 spiro atoms. The lowest BCUT2D eigenvalue weighted by atomic mass is 10.3. The van der Waals surface area contributed by atoms with Gasteiger partial charge in [0, 0.05) is 29.9 Å². The molecular formula is C14H19IN6. The summed E-state index contributed by atoms with van der Waals surface area (Å²) < 4.78 is 1.16. The molecule has 1 aromatic heterocycles. The van der Waals surface area contributed by atoms with Gasteiger partial charge in [0.2, 0.25) is 17.8 Å². The molecule has 1 heterocycles. The van der Waals surface area contributed by atoms with Crippen LogP contribution in [0.3, 0.4) is 0 Å². The SMILES string of the molecule is CCCNc1nc(Nc2cccc(I)c2)nc(N(C)C)n1. The molecule has 0 saturated heterocycles. The zero-order valence-corrected chi connectivity index (χ0v) is 14.5. The highest BCUT2D eigenvalue weighted by atomic mass is 127. The van der Waals surface area contributed by atoms with E-state index in [1.165, 1.54) is 0 Å². The summed E-state index contributed by atoms with van der Waals surface area (Å²) in [7, 11) is 3.82. The summed E-state index contributed by atoms with van der Waals surface area (Å²) in [6.45, 7) is 2.94. The molecule has 0 atom stereocenters. The first kappa shape index (κ1) is 15.7. The van der Waals surface area contributed by atoms with E-state index in [9.17, 15) is 0 Å². The van der Waals surface area contributed by atoms with Crippen LogP contribution in [0.5, 0.6) is 0 Å². The lowest BCUT2D eigenvalue weighted by Crippen LogP contribution is -2.16. The normalized spacial score (nSPS) is 10.3. The van der Waals surface area contributed by atoms with Gasteiger partial charge in [-0.3, -0.25) is 0 Å². The van der Waals surface area contributed by atoms with Gasteiger partial charge in [-0.1, -0.05) is 13.0 Å². The molecule has 0 aliphatic carbocycles. The first-order valence-electron chi connectivity index (χ1n) is 6.78. The van der Waals surface area contributed by atoms with E-state index in [-0.39, 0.29) is 0 Å². The number of halogens is 1. The summed E-state index contributed by atoms with van der Waals surface area (Å²) >= 11 is 2.28. The minimum atomic E-state index is 0.536. The number of nitrogens with zero attached hydrogens (tertiary/aromatic N) is 4. The standard InChI is InChI=1S/C14H19IN6/c1-4-8-16-12-18-13(20-14(19-12)21(2)3)17-11-7-5-6-10(15)9-11/h5-7,9H,4,8H2,1-3H3,(H2,16,17,18,19,20). The average molecular weight is 398 g/mol. The first-order chi connectivity index (χ1) is 10.1. The molecule has 0 bridgehead atoms. The van der Waals surface area contributed by atoms with E-state index in [2.05, 4.69) is 55.1 Å². The van der Waals surface area contributed by atoms with Gasteiger partial charge < -0.3 is 15.5 Å². The van der Waals surface area contributed by atoms with E-state index >= 15 is 0 Å². The van der Waals surface area contributed by atoms with Gasteiger partial charge in [0.1, 0.15) is 0 Å². The molecule has 0 saturated carbocycles. The molecule has 0 aliphatic rings. The second-order valence-corrected chi connectivity index (χ2v) is 5.98. The third-order valence-corrected chi connectivity index (χ3v) is 3.31. The van der Waals surface area contributed by atoms with Gasteiger partial charge in [-0.25, -0.2) is 0 Å². The number of hydrogen-bond acceptors (Lipinski definition) is 6. The maximum Gasteiger partial charge on any atom is 0.233 e. The molecule has 2 rings (SSSR count). The van der Waals surface area contributed by atoms with Crippen molar-refractivity contribution in [3.8, 4) is 0 Å². The lowest BCUT2D eigenvalue weighted by Gasteiger charge is -2.14. The van der Waals surface area contributed by atoms with Crippen LogP contribution in [0.1, 0.15) is 13.3 Å². The third-order valence-electron chi connectivity index (χ3n) is 2.64. The van der Waals surface area contributed by atoms with Crippen molar-refractivity contribution in [1.29, 1.82) is 0 Å². The van der Waals surface area contributed by atoms with Crippen molar-refractivity contribution in [2.45, 2.75) is 13.3 Å². The van der Waals surface area contributed by atoms with Gasteiger partial charge in [0.15, 0.2) is 0 Å². The van der Waals surface area contributed by atoms with Crippen molar-refractivity contribution in [1.82, 2.24) is 15.0 Å². The van der Waals surface area contributed by atoms with Gasteiger partial charge in [0.25, 0.3) is 0 Å². The highest BCUT2D eigenvalue weighted by Crippen LogP contribution is 2.18. The molecule has 0 unspecified atom stereocenters. The Hall–Kier alpha value is -1.64. The topological polar surface area (TPSA) is 66.0 Å². The van der Waals surface area contributed by atoms with Crippen molar-refractivity contribution >= 4 is 46.1 Å². The van der Waals surface area contributed by atoms with Gasteiger partial charge in [0.05, 0.1) is 0 Å². The molecule has 0 fully saturated rings. The summed E-state index contributed by atoms with van der Waals surface area (Å²) in [5.41, 5.74) is 0.958. The molecule has 2 N–H and O–H groups in total. The maximum absolute atomic E-state index is 4.42. The van der Waals surface area contributed by atoms with E-state index in [4.69, 9.17) is 0 Å². The van der Waals surface area contributed by atoms with Gasteiger partial charge >= 0.3 is 0 Å². The van der Waals surface area contributed by atoms with Crippen LogP contribution in [0.2, 0.25) is 0 Å². The number of nitrogens with one attached hydrogen (secondary N) is 2. The molecule has 112 valence electrons. The number of rotatable bonds is 6. The van der Waals surface area contributed by atoms with E-state index < -0.39 is 0 Å². The fourth-order valence-electron chi connectivity index (χ4n) is 1.63. The van der Waals surface area contributed by atoms with Crippen LogP contribution in [-0.2, 0) is 0 Å². The van der Waals surface area contributed by atoms with Crippen LogP contribution < -0.4 is 15.5 Å². The zero-order chi connectivity index (χ0) is 15.2. The van der Waals surface area contributed by atoms with E-state index in [1.807, 2.05) is 43.3 Å². The highest BCUT2D eigenvalue weighted by molar-refractivity contribution is 14.1. The molecule has 0 aliphatic heterocycles. The van der Waals surface area contributed by atoms with Crippen molar-refractivity contribution in [3.05, 3.63) is 27.8 Å². The highest BCUT2D eigenvalue weighted by Gasteiger charge is 2.08. The Balaban J connectivity index is 2.26. The monoisotopic (exact) mass is 398 g/mol. The molecule has 21 heavy (non-hydrogen) atoms. The van der Waals surface area contributed by atoms with Crippen LogP contribution in [0.25, 0.3) is 0 Å². The van der Waals surface area contributed by atoms with Crippen molar-refractivity contribution in [2.24, 2.45) is 0 Å². The summed E-state index contributed by atoms with van der Waals surface area (Å²) in [6.07, 6.45) is 1.02. The Kier molecular flexibility index (Phi) is 5.54. The van der Waals surface area contributed by atoms with Gasteiger partial charge in [-0.2, -0.15) is 15.0 Å². The molecule has 0 amide bonds. The minimum absolute atomic E-state index is 0.536. The van der Waals surface area contributed by atoms with Crippen LogP contribution in [0, 0.1) is 3.57 Å². The molecule has 2 aromatic rings. The summed E-state index contributed by atoms with van der Waals surface area (Å²) in [5, 5.41) is 6.42. The maximum atomic E-state index is 4.42. The van der Waals surface area contributed by atoms with Crippen molar-refractivity contribution in [2.75, 3.05) is 36.2 Å². The van der Waals surface area contributed by atoms with Crippen LogP contribution in [0.4, 0.5) is 23.5 Å². The predicted molar refractivity (Wildman–Crippen MR) is 95.4 cm³/mol. The number of aromatic nitrogens is 3. The van der Waals surface area contributed by atoms with Crippen LogP contribution in [-0.4, -0.2) is 35.6 Å². The van der Waals surface area contributed by atoms with E-state index in [0.717, 1.165) is 22.2 Å². The Morgan fingerprint density at radius 2 is 1.90 bits per heavy atom. The molecule has 0 radical (unpaired) electrons. The molecular weight excluding hydrogens is 379 g/mol. The fraction of sp³-hybridized carbons (Fsp3) is 0.357. The Morgan fingerprint density at radius 3 is 2.57 bits per heavy atom. The Bertz CT molecular complexity index is 602. The van der Waals surface area contributed by atoms with Crippen LogP contribution in [0.15, 0.2) is 24.3 Å². The van der Waals surface area contributed by atoms with Crippen molar-refractivity contribution < 1.29 is 0 Å². The second-order valence-electron chi connectivity index (χ2n) is 4.74. The minimum Gasteiger partial charge on any atom is -0.354 e. The molecule has 6 nitrogen and oxygen atoms in total. The van der Waals surface area contributed by atoms with Crippen molar-refractivity contribution in [3.63, 3.8) is 0 Å². The fourth-order valence-corrected chi connectivity index (χ4v) is 2.17. The largest absolute Gasteiger partial charge is 0.354 e. The van der Waals surface area contributed by atoms with Crippen LogP contribution >= 0.6 is 22.6 Å². The number of benzene rings is 1. The average Bonchev–Trinajstić information content (AvgIpc) is 2.45. The number of hydrogen-bond donors (Lipinski definition) is 2. The molecule has 1 aromatic carbocycles. The Labute approximate surface area is 138 Å². The van der Waals surface area contributed by atoms with Gasteiger partial charge in [-0.15, -0.1) is 0 Å². The lowest BCUT2D eigenvalue weighted by molar-refractivity contribution is 0.919. The second kappa shape index (κ2) is 7.39. The van der Waals surface area contributed by atoms with Gasteiger partial charge in [-0.05, 0) is 47.2 Å².